The second kappa shape index (κ2) is 4.83. The summed E-state index contributed by atoms with van der Waals surface area (Å²) >= 11 is 5.36. The van der Waals surface area contributed by atoms with Crippen LogP contribution in [0.25, 0.3) is 0 Å². The Balaban J connectivity index is 3.08. The van der Waals surface area contributed by atoms with Gasteiger partial charge in [0.05, 0.1) is 11.3 Å². The summed E-state index contributed by atoms with van der Waals surface area (Å²) in [6.07, 6.45) is 0.384. The average molecular weight is 216 g/mol. The van der Waals surface area contributed by atoms with E-state index in [4.69, 9.17) is 17.3 Å². The summed E-state index contributed by atoms with van der Waals surface area (Å²) in [7, 11) is 0. The van der Waals surface area contributed by atoms with Gasteiger partial charge in [0.1, 0.15) is 5.82 Å². The minimum absolute atomic E-state index is 0.110. The lowest BCUT2D eigenvalue weighted by molar-refractivity contribution is 0.580. The molecule has 0 unspecified atom stereocenters. The van der Waals surface area contributed by atoms with Gasteiger partial charge >= 0.3 is 0 Å². The number of hydrogen-bond acceptors (Lipinski definition) is 1. The van der Waals surface area contributed by atoms with E-state index >= 15 is 0 Å². The van der Waals surface area contributed by atoms with Crippen molar-refractivity contribution in [2.75, 3.05) is 11.6 Å². The van der Waals surface area contributed by atoms with Crippen molar-refractivity contribution in [1.29, 1.82) is 0 Å². The fourth-order valence-corrected chi connectivity index (χ4v) is 0.976. The largest absolute Gasteiger partial charge is 0.396 e. The third-order valence-corrected chi connectivity index (χ3v) is 1.74. The van der Waals surface area contributed by atoms with Crippen LogP contribution in [0.3, 0.4) is 0 Å². The number of halogens is 3. The van der Waals surface area contributed by atoms with E-state index < -0.39 is 11.6 Å². The Kier molecular flexibility index (Phi) is 3.73. The average Bonchev–Trinajstić information content (AvgIpc) is 2.18. The molecule has 0 fully saturated rings. The first-order valence-electron chi connectivity index (χ1n) is 3.95. The van der Waals surface area contributed by atoms with Crippen LogP contribution >= 0.6 is 11.6 Å². The molecule has 14 heavy (non-hydrogen) atoms. The van der Waals surface area contributed by atoms with Crippen LogP contribution in [-0.4, -0.2) is 5.88 Å². The molecule has 0 aliphatic rings. The van der Waals surface area contributed by atoms with Gasteiger partial charge in [-0.1, -0.05) is 11.8 Å². The molecule has 74 valence electrons. The molecule has 0 aliphatic heterocycles. The standard InChI is InChI=1S/C10H8ClF2N/c11-6-2-1-3-7-8(12)4-5-9(14)10(7)13/h4-5H,2,6,14H2. The van der Waals surface area contributed by atoms with E-state index in [1.165, 1.54) is 0 Å². The molecule has 0 bridgehead atoms. The van der Waals surface area contributed by atoms with Crippen molar-refractivity contribution in [2.24, 2.45) is 0 Å². The van der Waals surface area contributed by atoms with Crippen LogP contribution < -0.4 is 5.73 Å². The zero-order valence-electron chi connectivity index (χ0n) is 7.28. The number of anilines is 1. The van der Waals surface area contributed by atoms with E-state index in [0.29, 0.717) is 12.3 Å². The van der Waals surface area contributed by atoms with Gasteiger partial charge in [0.25, 0.3) is 0 Å². The quantitative estimate of drug-likeness (QED) is 0.435. The molecule has 4 heteroatoms. The molecule has 0 amide bonds. The first kappa shape index (κ1) is 10.8. The molecule has 2 N–H and O–H groups in total. The maximum atomic E-state index is 13.2. The highest BCUT2D eigenvalue weighted by Crippen LogP contribution is 2.17. The van der Waals surface area contributed by atoms with Crippen LogP contribution in [0.1, 0.15) is 12.0 Å². The number of nitrogens with two attached hydrogens (primary N) is 1. The molecule has 0 aliphatic carbocycles. The number of hydrogen-bond donors (Lipinski definition) is 1. The van der Waals surface area contributed by atoms with Gasteiger partial charge in [-0.3, -0.25) is 0 Å². The van der Waals surface area contributed by atoms with E-state index in [2.05, 4.69) is 11.8 Å². The second-order valence-corrected chi connectivity index (χ2v) is 2.94. The van der Waals surface area contributed by atoms with Gasteiger partial charge in [-0.05, 0) is 12.1 Å². The zero-order valence-corrected chi connectivity index (χ0v) is 8.04. The van der Waals surface area contributed by atoms with E-state index in [0.717, 1.165) is 12.1 Å². The van der Waals surface area contributed by atoms with Crippen molar-refractivity contribution in [3.63, 3.8) is 0 Å². The van der Waals surface area contributed by atoms with Gasteiger partial charge in [0.15, 0.2) is 5.82 Å². The molecule has 1 aromatic carbocycles. The van der Waals surface area contributed by atoms with E-state index in [-0.39, 0.29) is 11.3 Å². The van der Waals surface area contributed by atoms with Crippen LogP contribution in [0.4, 0.5) is 14.5 Å². The van der Waals surface area contributed by atoms with Crippen molar-refractivity contribution in [2.45, 2.75) is 6.42 Å². The molecular formula is C10H8ClF2N. The molecule has 0 aromatic heterocycles. The number of benzene rings is 1. The Morgan fingerprint density at radius 2 is 2.07 bits per heavy atom. The lowest BCUT2D eigenvalue weighted by Gasteiger charge is -1.99. The Labute approximate surface area is 85.9 Å². The maximum Gasteiger partial charge on any atom is 0.164 e. The van der Waals surface area contributed by atoms with Crippen LogP contribution in [0.2, 0.25) is 0 Å². The number of alkyl halides is 1. The summed E-state index contributed by atoms with van der Waals surface area (Å²) in [5, 5.41) is 0. The van der Waals surface area contributed by atoms with Crippen molar-refractivity contribution < 1.29 is 8.78 Å². The molecule has 0 atom stereocenters. The SMILES string of the molecule is Nc1ccc(F)c(C#CCCCl)c1F. The topological polar surface area (TPSA) is 26.0 Å². The van der Waals surface area contributed by atoms with Crippen LogP contribution in [-0.2, 0) is 0 Å². The molecular weight excluding hydrogens is 208 g/mol. The molecule has 1 nitrogen and oxygen atoms in total. The summed E-state index contributed by atoms with van der Waals surface area (Å²) in [6.45, 7) is 0. The predicted octanol–water partition coefficient (Wildman–Crippen LogP) is 2.53. The normalized spacial score (nSPS) is 9.36. The smallest absolute Gasteiger partial charge is 0.164 e. The van der Waals surface area contributed by atoms with Gasteiger partial charge in [0, 0.05) is 12.3 Å². The van der Waals surface area contributed by atoms with E-state index in [9.17, 15) is 8.78 Å². The van der Waals surface area contributed by atoms with E-state index in [1.54, 1.807) is 0 Å². The van der Waals surface area contributed by atoms with Gasteiger partial charge in [-0.2, -0.15) is 0 Å². The first-order chi connectivity index (χ1) is 6.66. The van der Waals surface area contributed by atoms with Gasteiger partial charge in [0.2, 0.25) is 0 Å². The van der Waals surface area contributed by atoms with Gasteiger partial charge in [-0.15, -0.1) is 11.6 Å². The minimum atomic E-state index is -0.813. The van der Waals surface area contributed by atoms with Crippen LogP contribution in [0.5, 0.6) is 0 Å². The Hall–Kier alpha value is -1.27. The zero-order chi connectivity index (χ0) is 10.6. The minimum Gasteiger partial charge on any atom is -0.396 e. The highest BCUT2D eigenvalue weighted by atomic mass is 35.5. The highest BCUT2D eigenvalue weighted by molar-refractivity contribution is 6.18. The molecule has 0 heterocycles. The molecule has 0 spiro atoms. The Morgan fingerprint density at radius 1 is 1.36 bits per heavy atom. The molecule has 0 radical (unpaired) electrons. The van der Waals surface area contributed by atoms with Crippen molar-refractivity contribution in [3.05, 3.63) is 29.3 Å². The third kappa shape index (κ3) is 2.36. The predicted molar refractivity (Wildman–Crippen MR) is 53.0 cm³/mol. The molecule has 0 saturated carbocycles. The molecule has 1 aromatic rings. The number of nitrogen functional groups attached to an aromatic ring is 1. The highest BCUT2D eigenvalue weighted by Gasteiger charge is 2.08. The lowest BCUT2D eigenvalue weighted by Crippen LogP contribution is -1.96. The molecule has 0 saturated heterocycles. The Bertz CT molecular complexity index is 393. The van der Waals surface area contributed by atoms with Crippen molar-refractivity contribution >= 4 is 17.3 Å². The second-order valence-electron chi connectivity index (χ2n) is 2.57. The Morgan fingerprint density at radius 3 is 2.71 bits per heavy atom. The monoisotopic (exact) mass is 215 g/mol. The van der Waals surface area contributed by atoms with Crippen LogP contribution in [0, 0.1) is 23.5 Å². The fourth-order valence-electron chi connectivity index (χ4n) is 0.881. The summed E-state index contributed by atoms with van der Waals surface area (Å²) in [5.74, 6) is 3.71. The van der Waals surface area contributed by atoms with Crippen LogP contribution in [0.15, 0.2) is 12.1 Å². The third-order valence-electron chi connectivity index (χ3n) is 1.55. The summed E-state index contributed by atoms with van der Waals surface area (Å²) in [5.41, 5.74) is 4.85. The fraction of sp³-hybridized carbons (Fsp3) is 0.200. The molecule has 1 rings (SSSR count). The van der Waals surface area contributed by atoms with Crippen molar-refractivity contribution in [3.8, 4) is 11.8 Å². The van der Waals surface area contributed by atoms with Gasteiger partial charge < -0.3 is 5.73 Å². The first-order valence-corrected chi connectivity index (χ1v) is 4.48. The summed E-state index contributed by atoms with van der Waals surface area (Å²) < 4.78 is 26.2. The van der Waals surface area contributed by atoms with Gasteiger partial charge in [-0.25, -0.2) is 8.78 Å². The number of rotatable bonds is 1. The maximum absolute atomic E-state index is 13.2. The summed E-state index contributed by atoms with van der Waals surface area (Å²) in [6, 6.07) is 2.25. The summed E-state index contributed by atoms with van der Waals surface area (Å²) in [4.78, 5) is 0. The lowest BCUT2D eigenvalue weighted by atomic mass is 10.1. The van der Waals surface area contributed by atoms with Crippen molar-refractivity contribution in [1.82, 2.24) is 0 Å². The van der Waals surface area contributed by atoms with E-state index in [1.807, 2.05) is 0 Å².